The number of carbonyl (C=O) groups is 1. The van der Waals surface area contributed by atoms with Crippen LogP contribution in [0.2, 0.25) is 0 Å². The Kier molecular flexibility index (Phi) is 2.74. The maximum absolute atomic E-state index is 11.4. The molecular weight excluding hydrogens is 202 g/mol. The lowest BCUT2D eigenvalue weighted by Gasteiger charge is -2.33. The van der Waals surface area contributed by atoms with E-state index in [2.05, 4.69) is 24.1 Å². The van der Waals surface area contributed by atoms with Crippen molar-refractivity contribution < 1.29 is 4.79 Å². The second-order valence-corrected chi connectivity index (χ2v) is 5.03. The Morgan fingerprint density at radius 2 is 2.38 bits per heavy atom. The van der Waals surface area contributed by atoms with Crippen molar-refractivity contribution in [2.75, 3.05) is 0 Å². The van der Waals surface area contributed by atoms with Crippen LogP contribution in [0.1, 0.15) is 32.4 Å². The Balaban J connectivity index is 2.22. The number of nitrogens with zero attached hydrogens (tertiary/aromatic N) is 2. The fourth-order valence-electron chi connectivity index (χ4n) is 2.39. The van der Waals surface area contributed by atoms with Gasteiger partial charge in [-0.2, -0.15) is 0 Å². The highest BCUT2D eigenvalue weighted by Crippen LogP contribution is 2.31. The summed E-state index contributed by atoms with van der Waals surface area (Å²) in [6, 6.07) is 0. The van der Waals surface area contributed by atoms with Crippen LogP contribution in [0.25, 0.3) is 0 Å². The molecule has 0 radical (unpaired) electrons. The molecule has 0 bridgehead atoms. The van der Waals surface area contributed by atoms with Gasteiger partial charge in [-0.15, -0.1) is 0 Å². The lowest BCUT2D eigenvalue weighted by molar-refractivity contribution is -0.120. The average Bonchev–Trinajstić information content (AvgIpc) is 2.76. The number of nitrogens with one attached hydrogen (secondary N) is 1. The molecule has 1 N–H and O–H groups in total. The summed E-state index contributed by atoms with van der Waals surface area (Å²) in [7, 11) is 1.99. The molecule has 4 nitrogen and oxygen atoms in total. The quantitative estimate of drug-likeness (QED) is 0.835. The normalized spacial score (nSPS) is 25.1. The van der Waals surface area contributed by atoms with Gasteiger partial charge in [-0.25, -0.2) is 4.98 Å². The van der Waals surface area contributed by atoms with Crippen LogP contribution in [0, 0.1) is 5.92 Å². The molecule has 2 rings (SSSR count). The Bertz CT molecular complexity index is 397. The van der Waals surface area contributed by atoms with Gasteiger partial charge in [0.05, 0.1) is 6.33 Å². The minimum absolute atomic E-state index is 0.0785. The van der Waals surface area contributed by atoms with Crippen molar-refractivity contribution in [3.63, 3.8) is 0 Å². The maximum atomic E-state index is 11.4. The number of aryl methyl sites for hydroxylation is 1. The number of imidazole rings is 1. The van der Waals surface area contributed by atoms with Gasteiger partial charge in [0.15, 0.2) is 0 Å². The van der Waals surface area contributed by atoms with Crippen LogP contribution in [-0.2, 0) is 18.3 Å². The number of aromatic nitrogens is 2. The summed E-state index contributed by atoms with van der Waals surface area (Å²) >= 11 is 0. The fourth-order valence-corrected chi connectivity index (χ4v) is 2.39. The molecule has 88 valence electrons. The minimum Gasteiger partial charge on any atom is -0.350 e. The average molecular weight is 221 g/mol. The first-order chi connectivity index (χ1) is 7.53. The molecule has 1 aliphatic heterocycles. The van der Waals surface area contributed by atoms with Crippen LogP contribution in [0.3, 0.4) is 0 Å². The Labute approximate surface area is 96.1 Å². The zero-order chi connectivity index (χ0) is 11.8. The molecule has 0 aromatic carbocycles. The zero-order valence-corrected chi connectivity index (χ0v) is 10.2. The van der Waals surface area contributed by atoms with E-state index in [0.29, 0.717) is 12.3 Å². The van der Waals surface area contributed by atoms with E-state index in [1.807, 2.05) is 17.8 Å². The van der Waals surface area contributed by atoms with Crippen LogP contribution in [0.4, 0.5) is 0 Å². The highest BCUT2D eigenvalue weighted by Gasteiger charge is 2.40. The van der Waals surface area contributed by atoms with Gasteiger partial charge in [0.1, 0.15) is 0 Å². The van der Waals surface area contributed by atoms with Crippen molar-refractivity contribution in [1.29, 1.82) is 0 Å². The van der Waals surface area contributed by atoms with E-state index in [-0.39, 0.29) is 11.4 Å². The Morgan fingerprint density at radius 3 is 2.81 bits per heavy atom. The molecule has 1 unspecified atom stereocenters. The molecule has 4 heteroatoms. The molecule has 0 aliphatic carbocycles. The summed E-state index contributed by atoms with van der Waals surface area (Å²) in [4.78, 5) is 15.6. The van der Waals surface area contributed by atoms with E-state index in [4.69, 9.17) is 0 Å². The lowest BCUT2D eigenvalue weighted by Crippen LogP contribution is -2.48. The summed E-state index contributed by atoms with van der Waals surface area (Å²) in [5.41, 5.74) is 1.10. The van der Waals surface area contributed by atoms with Crippen molar-refractivity contribution in [2.45, 2.75) is 38.6 Å². The summed E-state index contributed by atoms with van der Waals surface area (Å²) in [6.45, 7) is 4.34. The monoisotopic (exact) mass is 221 g/mol. The van der Waals surface area contributed by atoms with Crippen LogP contribution in [0.15, 0.2) is 12.5 Å². The van der Waals surface area contributed by atoms with Gasteiger partial charge in [0, 0.05) is 37.3 Å². The van der Waals surface area contributed by atoms with Crippen LogP contribution >= 0.6 is 0 Å². The number of hydrogen-bond donors (Lipinski definition) is 1. The van der Waals surface area contributed by atoms with Crippen LogP contribution in [0.5, 0.6) is 0 Å². The first kappa shape index (κ1) is 11.2. The van der Waals surface area contributed by atoms with Gasteiger partial charge < -0.3 is 9.88 Å². The first-order valence-corrected chi connectivity index (χ1v) is 5.80. The third kappa shape index (κ3) is 1.84. The molecule has 1 aromatic heterocycles. The molecule has 16 heavy (non-hydrogen) atoms. The van der Waals surface area contributed by atoms with Gasteiger partial charge in [-0.05, 0) is 12.3 Å². The molecule has 1 atom stereocenters. The first-order valence-electron chi connectivity index (χ1n) is 5.80. The summed E-state index contributed by atoms with van der Waals surface area (Å²) in [6.07, 6.45) is 6.13. The van der Waals surface area contributed by atoms with E-state index < -0.39 is 0 Å². The molecule has 1 fully saturated rings. The maximum Gasteiger partial charge on any atom is 0.220 e. The van der Waals surface area contributed by atoms with E-state index in [1.165, 1.54) is 5.69 Å². The molecule has 1 aromatic rings. The lowest BCUT2D eigenvalue weighted by atomic mass is 9.81. The van der Waals surface area contributed by atoms with Crippen molar-refractivity contribution in [1.82, 2.24) is 14.9 Å². The Morgan fingerprint density at radius 1 is 1.62 bits per heavy atom. The molecule has 1 amide bonds. The van der Waals surface area contributed by atoms with E-state index >= 15 is 0 Å². The molecular formula is C12H19N3O. The summed E-state index contributed by atoms with van der Waals surface area (Å²) < 4.78 is 2.02. The Hall–Kier alpha value is -1.32. The predicted octanol–water partition coefficient (Wildman–Crippen LogP) is 1.27. The van der Waals surface area contributed by atoms with Gasteiger partial charge in [0.2, 0.25) is 5.91 Å². The summed E-state index contributed by atoms with van der Waals surface area (Å²) in [5, 5.41) is 3.15. The van der Waals surface area contributed by atoms with Crippen LogP contribution < -0.4 is 5.32 Å². The molecule has 0 spiro atoms. The smallest absolute Gasteiger partial charge is 0.220 e. The topological polar surface area (TPSA) is 46.9 Å². The molecule has 1 aliphatic rings. The van der Waals surface area contributed by atoms with Gasteiger partial charge >= 0.3 is 0 Å². The second kappa shape index (κ2) is 3.92. The second-order valence-electron chi connectivity index (χ2n) is 5.03. The fraction of sp³-hybridized carbons (Fsp3) is 0.667. The van der Waals surface area contributed by atoms with Gasteiger partial charge in [-0.1, -0.05) is 13.8 Å². The van der Waals surface area contributed by atoms with E-state index in [0.717, 1.165) is 12.8 Å². The number of hydrogen-bond acceptors (Lipinski definition) is 2. The zero-order valence-electron chi connectivity index (χ0n) is 10.2. The summed E-state index contributed by atoms with van der Waals surface area (Å²) in [5.74, 6) is 0.615. The molecule has 2 heterocycles. The standard InChI is InChI=1S/C12H19N3O/c1-9(2)12(5-4-11(16)14-12)6-10-7-13-8-15(10)3/h7-9H,4-6H2,1-3H3,(H,14,16). The largest absolute Gasteiger partial charge is 0.350 e. The van der Waals surface area contributed by atoms with E-state index in [9.17, 15) is 4.79 Å². The minimum atomic E-state index is -0.0785. The molecule has 1 saturated heterocycles. The predicted molar refractivity (Wildman–Crippen MR) is 61.9 cm³/mol. The number of rotatable bonds is 3. The van der Waals surface area contributed by atoms with Gasteiger partial charge in [0.25, 0.3) is 0 Å². The third-order valence-electron chi connectivity index (χ3n) is 3.70. The number of carbonyl (C=O) groups excluding carboxylic acids is 1. The van der Waals surface area contributed by atoms with Crippen molar-refractivity contribution >= 4 is 5.91 Å². The van der Waals surface area contributed by atoms with Crippen LogP contribution in [-0.4, -0.2) is 21.0 Å². The third-order valence-corrected chi connectivity index (χ3v) is 3.70. The van der Waals surface area contributed by atoms with E-state index in [1.54, 1.807) is 6.33 Å². The molecule has 0 saturated carbocycles. The van der Waals surface area contributed by atoms with Crippen molar-refractivity contribution in [3.8, 4) is 0 Å². The SMILES string of the molecule is CC(C)C1(Cc2cncn2C)CCC(=O)N1. The van der Waals surface area contributed by atoms with Gasteiger partial charge in [-0.3, -0.25) is 4.79 Å². The number of amides is 1. The van der Waals surface area contributed by atoms with Crippen molar-refractivity contribution in [3.05, 3.63) is 18.2 Å². The van der Waals surface area contributed by atoms with Crippen molar-refractivity contribution in [2.24, 2.45) is 13.0 Å². The highest BCUT2D eigenvalue weighted by atomic mass is 16.2. The highest BCUT2D eigenvalue weighted by molar-refractivity contribution is 5.79.